The molecule has 2 N–H and O–H groups in total. The molecule has 1 fully saturated rings. The van der Waals surface area contributed by atoms with Gasteiger partial charge in [-0.2, -0.15) is 16.1 Å². The Bertz CT molecular complexity index is 624. The number of carbonyl (C=O) groups excluding carboxylic acids is 1. The van der Waals surface area contributed by atoms with Crippen LogP contribution in [0.3, 0.4) is 0 Å². The fourth-order valence-electron chi connectivity index (χ4n) is 2.34. The molecule has 2 rings (SSSR count). The van der Waals surface area contributed by atoms with Gasteiger partial charge in [0.1, 0.15) is 9.77 Å². The van der Waals surface area contributed by atoms with Crippen LogP contribution in [-0.2, 0) is 10.0 Å². The van der Waals surface area contributed by atoms with Gasteiger partial charge in [-0.3, -0.25) is 4.79 Å². The summed E-state index contributed by atoms with van der Waals surface area (Å²) in [6.07, 6.45) is 0. The van der Waals surface area contributed by atoms with Crippen molar-refractivity contribution in [3.63, 3.8) is 0 Å². The summed E-state index contributed by atoms with van der Waals surface area (Å²) in [7, 11) is -3.59. The number of thioether (sulfide) groups is 1. The first-order chi connectivity index (χ1) is 11.0. The summed E-state index contributed by atoms with van der Waals surface area (Å²) in [5.41, 5.74) is 0. The third kappa shape index (κ3) is 4.69. The Kier molecular flexibility index (Phi) is 6.90. The topological polar surface area (TPSA) is 78.5 Å². The lowest BCUT2D eigenvalue weighted by molar-refractivity contribution is 0.0951. The number of sulfonamides is 1. The molecule has 0 bridgehead atoms. The van der Waals surface area contributed by atoms with Gasteiger partial charge in [0.2, 0.25) is 10.0 Å². The van der Waals surface area contributed by atoms with E-state index in [9.17, 15) is 13.2 Å². The van der Waals surface area contributed by atoms with E-state index in [1.165, 1.54) is 21.7 Å². The van der Waals surface area contributed by atoms with Gasteiger partial charge in [-0.25, -0.2) is 8.42 Å². The molecule has 0 saturated carbocycles. The molecule has 130 valence electrons. The fourth-order valence-corrected chi connectivity index (χ4v) is 6.23. The lowest BCUT2D eigenvalue weighted by atomic mass is 10.3. The average Bonchev–Trinajstić information content (AvgIpc) is 3.04. The van der Waals surface area contributed by atoms with Crippen LogP contribution >= 0.6 is 23.1 Å². The van der Waals surface area contributed by atoms with Gasteiger partial charge >= 0.3 is 0 Å². The van der Waals surface area contributed by atoms with E-state index in [0.29, 0.717) is 19.6 Å². The largest absolute Gasteiger partial charge is 0.350 e. The number of nitrogens with one attached hydrogen (secondary N) is 2. The van der Waals surface area contributed by atoms with Crippen molar-refractivity contribution >= 4 is 39.0 Å². The maximum absolute atomic E-state index is 12.7. The molecule has 1 amide bonds. The molecule has 2 heterocycles. The van der Waals surface area contributed by atoms with Gasteiger partial charge in [-0.1, -0.05) is 6.92 Å². The summed E-state index contributed by atoms with van der Waals surface area (Å²) >= 11 is 2.92. The monoisotopic (exact) mass is 377 g/mol. The van der Waals surface area contributed by atoms with Crippen molar-refractivity contribution in [3.8, 4) is 0 Å². The number of hydrogen-bond acceptors (Lipinski definition) is 6. The molecule has 1 saturated heterocycles. The molecule has 1 aromatic heterocycles. The minimum Gasteiger partial charge on any atom is -0.350 e. The van der Waals surface area contributed by atoms with Crippen molar-refractivity contribution in [3.05, 3.63) is 16.3 Å². The highest BCUT2D eigenvalue weighted by atomic mass is 32.2. The molecule has 1 aromatic rings. The van der Waals surface area contributed by atoms with E-state index in [4.69, 9.17) is 0 Å². The molecule has 0 unspecified atom stereocenters. The van der Waals surface area contributed by atoms with Gasteiger partial charge in [0.05, 0.1) is 0 Å². The Morgan fingerprint density at radius 3 is 2.74 bits per heavy atom. The second-order valence-electron chi connectivity index (χ2n) is 5.30. The molecule has 1 aliphatic heterocycles. The predicted octanol–water partition coefficient (Wildman–Crippen LogP) is 1.21. The number of carbonyl (C=O) groups is 1. The second kappa shape index (κ2) is 8.48. The van der Waals surface area contributed by atoms with Crippen molar-refractivity contribution in [1.82, 2.24) is 14.9 Å². The summed E-state index contributed by atoms with van der Waals surface area (Å²) in [5.74, 6) is 1.27. The van der Waals surface area contributed by atoms with Crippen LogP contribution in [0.15, 0.2) is 16.3 Å². The molecule has 0 aromatic carbocycles. The van der Waals surface area contributed by atoms with Crippen LogP contribution in [0.1, 0.15) is 23.5 Å². The zero-order chi connectivity index (χ0) is 16.9. The zero-order valence-corrected chi connectivity index (χ0v) is 15.8. The zero-order valence-electron chi connectivity index (χ0n) is 13.4. The normalized spacial score (nSPS) is 17.8. The maximum atomic E-state index is 12.7. The van der Waals surface area contributed by atoms with Crippen molar-refractivity contribution in [2.45, 2.75) is 24.8 Å². The van der Waals surface area contributed by atoms with Gasteiger partial charge in [-0.05, 0) is 24.9 Å². The van der Waals surface area contributed by atoms with Crippen LogP contribution in [0.5, 0.6) is 0 Å². The molecule has 1 atom stereocenters. The highest BCUT2D eigenvalue weighted by Gasteiger charge is 2.31. The number of amides is 1. The third-order valence-electron chi connectivity index (χ3n) is 3.54. The second-order valence-corrected chi connectivity index (χ2v) is 9.35. The van der Waals surface area contributed by atoms with Crippen molar-refractivity contribution in [1.29, 1.82) is 0 Å². The SMILES string of the molecule is CCN[C@H](C)CNC(=O)c1sccc1S(=O)(=O)N1CCSCC1. The molecule has 1 aliphatic rings. The highest BCUT2D eigenvalue weighted by molar-refractivity contribution is 7.99. The van der Waals surface area contributed by atoms with Crippen LogP contribution in [0.25, 0.3) is 0 Å². The van der Waals surface area contributed by atoms with Crippen LogP contribution in [-0.4, -0.2) is 62.4 Å². The van der Waals surface area contributed by atoms with Crippen LogP contribution in [0.4, 0.5) is 0 Å². The van der Waals surface area contributed by atoms with Gasteiger partial charge in [0.15, 0.2) is 0 Å². The third-order valence-corrected chi connectivity index (χ3v) is 7.47. The van der Waals surface area contributed by atoms with Crippen LogP contribution in [0, 0.1) is 0 Å². The van der Waals surface area contributed by atoms with E-state index < -0.39 is 10.0 Å². The van der Waals surface area contributed by atoms with Crippen molar-refractivity contribution < 1.29 is 13.2 Å². The Hall–Kier alpha value is -0.610. The smallest absolute Gasteiger partial charge is 0.262 e. The molecule has 6 nitrogen and oxygen atoms in total. The first-order valence-electron chi connectivity index (χ1n) is 7.63. The first kappa shape index (κ1) is 18.7. The minimum absolute atomic E-state index is 0.128. The van der Waals surface area contributed by atoms with Crippen molar-refractivity contribution in [2.75, 3.05) is 37.7 Å². The average molecular weight is 378 g/mol. The van der Waals surface area contributed by atoms with Crippen LogP contribution < -0.4 is 10.6 Å². The maximum Gasteiger partial charge on any atom is 0.262 e. The summed E-state index contributed by atoms with van der Waals surface area (Å²) < 4.78 is 27.0. The Labute approximate surface area is 146 Å². The molecule has 0 aliphatic carbocycles. The number of rotatable bonds is 7. The van der Waals surface area contributed by atoms with Gasteiger partial charge in [0.25, 0.3) is 5.91 Å². The van der Waals surface area contributed by atoms with Gasteiger partial charge in [0, 0.05) is 37.2 Å². The summed E-state index contributed by atoms with van der Waals surface area (Å²) in [6, 6.07) is 1.67. The molecular weight excluding hydrogens is 354 g/mol. The predicted molar refractivity (Wildman–Crippen MR) is 95.9 cm³/mol. The first-order valence-corrected chi connectivity index (χ1v) is 11.1. The van der Waals surface area contributed by atoms with Crippen LogP contribution in [0.2, 0.25) is 0 Å². The summed E-state index contributed by atoms with van der Waals surface area (Å²) in [5, 5.41) is 7.67. The Morgan fingerprint density at radius 2 is 2.09 bits per heavy atom. The molecule has 9 heteroatoms. The van der Waals surface area contributed by atoms with E-state index in [1.54, 1.807) is 17.1 Å². The Morgan fingerprint density at radius 1 is 1.39 bits per heavy atom. The number of hydrogen-bond donors (Lipinski definition) is 2. The lowest BCUT2D eigenvalue weighted by Gasteiger charge is -2.25. The molecule has 0 spiro atoms. The standard InChI is InChI=1S/C14H23N3O3S3/c1-3-15-11(2)10-16-14(18)13-12(4-7-22-13)23(19,20)17-5-8-21-9-6-17/h4,7,11,15H,3,5-6,8-10H2,1-2H3,(H,16,18)/t11-/m1/s1. The minimum atomic E-state index is -3.59. The van der Waals surface area contributed by atoms with Crippen molar-refractivity contribution in [2.24, 2.45) is 0 Å². The molecule has 0 radical (unpaired) electrons. The molecule has 23 heavy (non-hydrogen) atoms. The summed E-state index contributed by atoms with van der Waals surface area (Å²) in [4.78, 5) is 12.7. The van der Waals surface area contributed by atoms with E-state index in [0.717, 1.165) is 18.1 Å². The number of likely N-dealkylation sites (N-methyl/N-ethyl adjacent to an activating group) is 1. The van der Waals surface area contributed by atoms with E-state index in [1.807, 2.05) is 13.8 Å². The van der Waals surface area contributed by atoms with E-state index in [2.05, 4.69) is 10.6 Å². The van der Waals surface area contributed by atoms with Gasteiger partial charge < -0.3 is 10.6 Å². The number of nitrogens with zero attached hydrogens (tertiary/aromatic N) is 1. The lowest BCUT2D eigenvalue weighted by Crippen LogP contribution is -2.40. The Balaban J connectivity index is 2.10. The van der Waals surface area contributed by atoms with E-state index in [-0.39, 0.29) is 21.7 Å². The number of thiophene rings is 1. The molecular formula is C14H23N3O3S3. The summed E-state index contributed by atoms with van der Waals surface area (Å²) in [6.45, 7) is 6.26. The van der Waals surface area contributed by atoms with Gasteiger partial charge in [-0.15, -0.1) is 11.3 Å². The quantitative estimate of drug-likeness (QED) is 0.747. The van der Waals surface area contributed by atoms with E-state index >= 15 is 0 Å². The fraction of sp³-hybridized carbons (Fsp3) is 0.643. The highest BCUT2D eigenvalue weighted by Crippen LogP contribution is 2.27.